The maximum absolute atomic E-state index is 12.2. The van der Waals surface area contributed by atoms with Gasteiger partial charge in [-0.1, -0.05) is 31.0 Å². The Balaban J connectivity index is 1.92. The third-order valence-corrected chi connectivity index (χ3v) is 4.33. The fraction of sp³-hybridized carbons (Fsp3) is 0.238. The Morgan fingerprint density at radius 2 is 1.93 bits per heavy atom. The normalized spacial score (nSPS) is 10.8. The molecule has 140 valence electrons. The monoisotopic (exact) mass is 385 g/mol. The van der Waals surface area contributed by atoms with E-state index in [9.17, 15) is 9.90 Å². The molecule has 3 rings (SSSR count). The Morgan fingerprint density at radius 1 is 1.15 bits per heavy atom. The molecule has 0 bridgehead atoms. The van der Waals surface area contributed by atoms with E-state index in [1.807, 2.05) is 6.92 Å². The van der Waals surface area contributed by atoms with Gasteiger partial charge >= 0.3 is 5.97 Å². The van der Waals surface area contributed by atoms with Gasteiger partial charge in [-0.25, -0.2) is 9.78 Å². The number of ether oxygens (including phenoxy) is 2. The van der Waals surface area contributed by atoms with Crippen LogP contribution in [0.3, 0.4) is 0 Å². The first-order valence-corrected chi connectivity index (χ1v) is 9.11. The molecule has 0 atom stereocenters. The number of rotatable bonds is 6. The van der Waals surface area contributed by atoms with Gasteiger partial charge in [0.25, 0.3) is 0 Å². The van der Waals surface area contributed by atoms with Crippen LogP contribution in [0, 0.1) is 6.92 Å². The lowest BCUT2D eigenvalue weighted by Gasteiger charge is -2.12. The number of carbonyl (C=O) groups excluding carboxylic acids is 1. The number of unbranched alkanes of at least 4 members (excludes halogenated alkanes) is 1. The van der Waals surface area contributed by atoms with Crippen LogP contribution in [0.2, 0.25) is 5.02 Å². The number of pyridine rings is 1. The molecule has 0 unspecified atom stereocenters. The lowest BCUT2D eigenvalue weighted by atomic mass is 10.1. The molecule has 2 aromatic carbocycles. The molecule has 0 aliphatic carbocycles. The molecule has 27 heavy (non-hydrogen) atoms. The van der Waals surface area contributed by atoms with Crippen molar-refractivity contribution in [2.24, 2.45) is 0 Å². The van der Waals surface area contributed by atoms with Crippen molar-refractivity contribution in [3.63, 3.8) is 0 Å². The Labute approximate surface area is 162 Å². The molecular formula is C21H20ClNO4. The number of aryl methyl sites for hydroxylation is 1. The number of fused-ring (bicyclic) bond motifs is 1. The molecule has 0 aliphatic rings. The van der Waals surface area contributed by atoms with Crippen LogP contribution in [0.1, 0.15) is 35.9 Å². The first kappa shape index (κ1) is 19.0. The number of nitrogens with zero attached hydrogens (tertiary/aromatic N) is 1. The van der Waals surface area contributed by atoms with E-state index in [0.717, 1.165) is 12.8 Å². The van der Waals surface area contributed by atoms with Crippen LogP contribution in [0.4, 0.5) is 0 Å². The van der Waals surface area contributed by atoms with Crippen molar-refractivity contribution in [3.8, 4) is 17.2 Å². The average Bonchev–Trinajstić information content (AvgIpc) is 2.65. The minimum atomic E-state index is -0.620. The van der Waals surface area contributed by atoms with E-state index in [-0.39, 0.29) is 11.4 Å². The SMILES string of the molecule is CCCCOC(=O)c1nc(C)c2cc(Oc3cccc(Cl)c3)ccc2c1O. The van der Waals surface area contributed by atoms with Crippen LogP contribution in [0.25, 0.3) is 10.8 Å². The van der Waals surface area contributed by atoms with Crippen LogP contribution in [-0.4, -0.2) is 22.7 Å². The highest BCUT2D eigenvalue weighted by Gasteiger charge is 2.19. The van der Waals surface area contributed by atoms with Gasteiger partial charge in [-0.15, -0.1) is 0 Å². The molecule has 3 aromatic rings. The van der Waals surface area contributed by atoms with Gasteiger partial charge in [0.1, 0.15) is 11.5 Å². The van der Waals surface area contributed by atoms with Gasteiger partial charge in [0.15, 0.2) is 11.4 Å². The molecule has 0 aliphatic heterocycles. The summed E-state index contributed by atoms with van der Waals surface area (Å²) in [6, 6.07) is 12.3. The van der Waals surface area contributed by atoms with E-state index in [1.165, 1.54) is 0 Å². The molecule has 0 radical (unpaired) electrons. The summed E-state index contributed by atoms with van der Waals surface area (Å²) >= 11 is 5.98. The molecule has 0 saturated carbocycles. The van der Waals surface area contributed by atoms with Crippen molar-refractivity contribution in [1.82, 2.24) is 4.98 Å². The number of benzene rings is 2. The largest absolute Gasteiger partial charge is 0.505 e. The topological polar surface area (TPSA) is 68.7 Å². The van der Waals surface area contributed by atoms with Gasteiger partial charge in [-0.2, -0.15) is 0 Å². The van der Waals surface area contributed by atoms with Crippen molar-refractivity contribution in [2.75, 3.05) is 6.61 Å². The van der Waals surface area contributed by atoms with E-state index in [0.29, 0.717) is 39.6 Å². The van der Waals surface area contributed by atoms with Crippen LogP contribution < -0.4 is 4.74 Å². The fourth-order valence-corrected chi connectivity index (χ4v) is 2.87. The quantitative estimate of drug-likeness (QED) is 0.438. The van der Waals surface area contributed by atoms with Gasteiger partial charge in [0.05, 0.1) is 6.61 Å². The van der Waals surface area contributed by atoms with Gasteiger partial charge in [-0.05, 0) is 49.7 Å². The predicted molar refractivity (Wildman–Crippen MR) is 105 cm³/mol. The van der Waals surface area contributed by atoms with E-state index in [1.54, 1.807) is 49.4 Å². The van der Waals surface area contributed by atoms with E-state index in [4.69, 9.17) is 21.1 Å². The number of esters is 1. The number of aromatic nitrogens is 1. The molecular weight excluding hydrogens is 366 g/mol. The minimum Gasteiger partial charge on any atom is -0.505 e. The summed E-state index contributed by atoms with van der Waals surface area (Å²) in [6.07, 6.45) is 1.68. The summed E-state index contributed by atoms with van der Waals surface area (Å²) in [5.41, 5.74) is 0.529. The molecule has 1 N–H and O–H groups in total. The Kier molecular flexibility index (Phi) is 5.81. The Morgan fingerprint density at radius 3 is 2.67 bits per heavy atom. The molecule has 1 heterocycles. The Hall–Kier alpha value is -2.79. The molecule has 0 fully saturated rings. The fourth-order valence-electron chi connectivity index (χ4n) is 2.69. The minimum absolute atomic E-state index is 0.0698. The van der Waals surface area contributed by atoms with Crippen molar-refractivity contribution in [1.29, 1.82) is 0 Å². The Bertz CT molecular complexity index is 987. The molecule has 0 spiro atoms. The van der Waals surface area contributed by atoms with Crippen LogP contribution in [-0.2, 0) is 4.74 Å². The van der Waals surface area contributed by atoms with Crippen molar-refractivity contribution >= 4 is 28.3 Å². The zero-order valence-electron chi connectivity index (χ0n) is 15.2. The second-order valence-electron chi connectivity index (χ2n) is 6.15. The summed E-state index contributed by atoms with van der Waals surface area (Å²) in [6.45, 7) is 4.08. The lowest BCUT2D eigenvalue weighted by Crippen LogP contribution is -2.10. The third kappa shape index (κ3) is 4.31. The molecule has 0 amide bonds. The summed E-state index contributed by atoms with van der Waals surface area (Å²) in [4.78, 5) is 16.4. The molecule has 6 heteroatoms. The zero-order chi connectivity index (χ0) is 19.4. The first-order chi connectivity index (χ1) is 13.0. The highest BCUT2D eigenvalue weighted by molar-refractivity contribution is 6.30. The number of carbonyl (C=O) groups is 1. The zero-order valence-corrected chi connectivity index (χ0v) is 15.9. The van der Waals surface area contributed by atoms with E-state index >= 15 is 0 Å². The third-order valence-electron chi connectivity index (χ3n) is 4.10. The van der Waals surface area contributed by atoms with E-state index < -0.39 is 5.97 Å². The molecule has 1 aromatic heterocycles. The van der Waals surface area contributed by atoms with Gasteiger partial charge in [-0.3, -0.25) is 0 Å². The van der Waals surface area contributed by atoms with Crippen molar-refractivity contribution in [3.05, 3.63) is 58.9 Å². The number of halogens is 1. The summed E-state index contributed by atoms with van der Waals surface area (Å²) in [7, 11) is 0. The van der Waals surface area contributed by atoms with Crippen LogP contribution in [0.5, 0.6) is 17.2 Å². The second-order valence-corrected chi connectivity index (χ2v) is 6.59. The van der Waals surface area contributed by atoms with E-state index in [2.05, 4.69) is 4.98 Å². The lowest BCUT2D eigenvalue weighted by molar-refractivity contribution is 0.0489. The second kappa shape index (κ2) is 8.27. The van der Waals surface area contributed by atoms with Crippen molar-refractivity contribution < 1.29 is 19.4 Å². The standard InChI is InChI=1S/C21H20ClNO4/c1-3-4-10-26-21(25)19-20(24)17-9-8-16(12-18(17)13(2)23-19)27-15-7-5-6-14(22)11-15/h5-9,11-12,24H,3-4,10H2,1-2H3. The summed E-state index contributed by atoms with van der Waals surface area (Å²) in [5.74, 6) is 0.372. The predicted octanol–water partition coefficient (Wildman–Crippen LogP) is 5.65. The maximum Gasteiger partial charge on any atom is 0.360 e. The summed E-state index contributed by atoms with van der Waals surface area (Å²) in [5, 5.41) is 12.3. The maximum atomic E-state index is 12.2. The number of aromatic hydroxyl groups is 1. The summed E-state index contributed by atoms with van der Waals surface area (Å²) < 4.78 is 11.0. The van der Waals surface area contributed by atoms with Crippen LogP contribution >= 0.6 is 11.6 Å². The van der Waals surface area contributed by atoms with Crippen molar-refractivity contribution in [2.45, 2.75) is 26.7 Å². The van der Waals surface area contributed by atoms with Gasteiger partial charge in [0, 0.05) is 21.5 Å². The van der Waals surface area contributed by atoms with Crippen LogP contribution in [0.15, 0.2) is 42.5 Å². The van der Waals surface area contributed by atoms with Gasteiger partial charge in [0.2, 0.25) is 0 Å². The molecule has 5 nitrogen and oxygen atoms in total. The highest BCUT2D eigenvalue weighted by atomic mass is 35.5. The molecule has 0 saturated heterocycles. The number of hydrogen-bond acceptors (Lipinski definition) is 5. The van der Waals surface area contributed by atoms with Gasteiger partial charge < -0.3 is 14.6 Å². The highest BCUT2D eigenvalue weighted by Crippen LogP contribution is 2.34. The average molecular weight is 386 g/mol. The number of hydrogen-bond donors (Lipinski definition) is 1. The smallest absolute Gasteiger partial charge is 0.360 e. The first-order valence-electron chi connectivity index (χ1n) is 8.73.